The first-order chi connectivity index (χ1) is 6.31. The highest BCUT2D eigenvalue weighted by atomic mass is 16.4. The minimum absolute atomic E-state index is 0.367. The number of hydrogen-bond donors (Lipinski definition) is 0. The van der Waals surface area contributed by atoms with Crippen LogP contribution in [-0.4, -0.2) is 28.2 Å². The van der Waals surface area contributed by atoms with E-state index in [0.29, 0.717) is 11.9 Å². The lowest BCUT2D eigenvalue weighted by atomic mass is 10.2. The first-order valence-electron chi connectivity index (χ1n) is 4.85. The Morgan fingerprint density at radius 3 is 3.00 bits per heavy atom. The second-order valence-electron chi connectivity index (χ2n) is 3.45. The van der Waals surface area contributed by atoms with Crippen molar-refractivity contribution < 1.29 is 4.42 Å². The summed E-state index contributed by atoms with van der Waals surface area (Å²) in [5.41, 5.74) is 0. The van der Waals surface area contributed by atoms with Crippen molar-refractivity contribution in [1.82, 2.24) is 15.1 Å². The Labute approximate surface area is 77.9 Å². The number of aromatic nitrogens is 2. The smallest absolute Gasteiger partial charge is 0.233 e. The van der Waals surface area contributed by atoms with Gasteiger partial charge in [-0.25, -0.2) is 0 Å². The van der Waals surface area contributed by atoms with Crippen LogP contribution in [0.1, 0.15) is 37.6 Å². The second kappa shape index (κ2) is 3.46. The summed E-state index contributed by atoms with van der Waals surface area (Å²) in [6.45, 7) is 6.22. The van der Waals surface area contributed by atoms with Crippen molar-refractivity contribution in [3.8, 4) is 0 Å². The average Bonchev–Trinajstić information content (AvgIpc) is 2.71. The molecule has 1 saturated heterocycles. The first kappa shape index (κ1) is 8.69. The molecule has 2 heterocycles. The maximum absolute atomic E-state index is 5.44. The summed E-state index contributed by atoms with van der Waals surface area (Å²) in [6.07, 6.45) is 2.38. The molecule has 72 valence electrons. The summed E-state index contributed by atoms with van der Waals surface area (Å²) < 4.78 is 5.44. The molecular weight excluding hydrogens is 166 g/mol. The molecule has 13 heavy (non-hydrogen) atoms. The van der Waals surface area contributed by atoms with E-state index < -0.39 is 0 Å². The standard InChI is InChI=1S/C9H15N3O/c1-3-12-6-4-5-8(12)9-11-10-7(2)13-9/h8H,3-6H2,1-2H3. The van der Waals surface area contributed by atoms with Crippen LogP contribution in [0.15, 0.2) is 4.42 Å². The Morgan fingerprint density at radius 2 is 2.38 bits per heavy atom. The lowest BCUT2D eigenvalue weighted by molar-refractivity contribution is 0.231. The van der Waals surface area contributed by atoms with Crippen molar-refractivity contribution in [3.05, 3.63) is 11.8 Å². The molecule has 0 N–H and O–H groups in total. The summed E-state index contributed by atoms with van der Waals surface area (Å²) in [5.74, 6) is 1.45. The fraction of sp³-hybridized carbons (Fsp3) is 0.778. The monoisotopic (exact) mass is 181 g/mol. The predicted molar refractivity (Wildman–Crippen MR) is 48.3 cm³/mol. The molecule has 1 aliphatic heterocycles. The number of likely N-dealkylation sites (tertiary alicyclic amines) is 1. The molecule has 1 unspecified atom stereocenters. The highest BCUT2D eigenvalue weighted by Gasteiger charge is 2.28. The minimum Gasteiger partial charge on any atom is -0.424 e. The molecule has 1 fully saturated rings. The molecule has 0 aromatic carbocycles. The molecule has 0 spiro atoms. The van der Waals surface area contributed by atoms with Crippen LogP contribution in [0.4, 0.5) is 0 Å². The molecule has 1 aromatic rings. The highest BCUT2D eigenvalue weighted by molar-refractivity contribution is 4.93. The number of nitrogens with zero attached hydrogens (tertiary/aromatic N) is 3. The molecule has 1 aliphatic rings. The Kier molecular flexibility index (Phi) is 2.31. The first-order valence-corrected chi connectivity index (χ1v) is 4.85. The van der Waals surface area contributed by atoms with E-state index >= 15 is 0 Å². The van der Waals surface area contributed by atoms with Crippen LogP contribution >= 0.6 is 0 Å². The Bertz CT molecular complexity index is 284. The van der Waals surface area contributed by atoms with Gasteiger partial charge >= 0.3 is 0 Å². The minimum atomic E-state index is 0.367. The summed E-state index contributed by atoms with van der Waals surface area (Å²) in [7, 11) is 0. The van der Waals surface area contributed by atoms with E-state index in [-0.39, 0.29) is 0 Å². The van der Waals surface area contributed by atoms with Crippen LogP contribution in [0.3, 0.4) is 0 Å². The van der Waals surface area contributed by atoms with Gasteiger partial charge in [-0.2, -0.15) is 0 Å². The van der Waals surface area contributed by atoms with Crippen LogP contribution in [-0.2, 0) is 0 Å². The van der Waals surface area contributed by atoms with Crippen LogP contribution in [0.2, 0.25) is 0 Å². The normalized spacial score (nSPS) is 24.0. The van der Waals surface area contributed by atoms with E-state index in [9.17, 15) is 0 Å². The van der Waals surface area contributed by atoms with Crippen molar-refractivity contribution >= 4 is 0 Å². The van der Waals surface area contributed by atoms with Gasteiger partial charge in [-0.05, 0) is 25.9 Å². The van der Waals surface area contributed by atoms with E-state index in [2.05, 4.69) is 22.0 Å². The van der Waals surface area contributed by atoms with Crippen LogP contribution < -0.4 is 0 Å². The topological polar surface area (TPSA) is 42.2 Å². The van der Waals surface area contributed by atoms with Gasteiger partial charge < -0.3 is 4.42 Å². The van der Waals surface area contributed by atoms with Gasteiger partial charge in [-0.3, -0.25) is 4.90 Å². The molecule has 0 radical (unpaired) electrons. The van der Waals surface area contributed by atoms with Crippen molar-refractivity contribution in [3.63, 3.8) is 0 Å². The molecule has 2 rings (SSSR count). The molecular formula is C9H15N3O. The summed E-state index contributed by atoms with van der Waals surface area (Å²) >= 11 is 0. The van der Waals surface area contributed by atoms with Crippen molar-refractivity contribution in [1.29, 1.82) is 0 Å². The zero-order valence-corrected chi connectivity index (χ0v) is 8.16. The van der Waals surface area contributed by atoms with Crippen molar-refractivity contribution in [2.75, 3.05) is 13.1 Å². The number of rotatable bonds is 2. The lowest BCUT2D eigenvalue weighted by Crippen LogP contribution is -2.22. The molecule has 0 saturated carbocycles. The van der Waals surface area contributed by atoms with E-state index in [1.807, 2.05) is 6.92 Å². The maximum Gasteiger partial charge on any atom is 0.233 e. The zero-order valence-electron chi connectivity index (χ0n) is 8.16. The molecule has 0 aliphatic carbocycles. The lowest BCUT2D eigenvalue weighted by Gasteiger charge is -2.18. The van der Waals surface area contributed by atoms with E-state index in [1.54, 1.807) is 0 Å². The maximum atomic E-state index is 5.44. The Morgan fingerprint density at radius 1 is 1.54 bits per heavy atom. The number of hydrogen-bond acceptors (Lipinski definition) is 4. The van der Waals surface area contributed by atoms with Gasteiger partial charge in [0, 0.05) is 6.92 Å². The van der Waals surface area contributed by atoms with Gasteiger partial charge in [0.05, 0.1) is 6.04 Å². The zero-order chi connectivity index (χ0) is 9.26. The molecule has 4 heteroatoms. The fourth-order valence-corrected chi connectivity index (χ4v) is 1.93. The summed E-state index contributed by atoms with van der Waals surface area (Å²) in [6, 6.07) is 0.367. The highest BCUT2D eigenvalue weighted by Crippen LogP contribution is 2.30. The summed E-state index contributed by atoms with van der Waals surface area (Å²) in [5, 5.41) is 7.92. The van der Waals surface area contributed by atoms with E-state index in [0.717, 1.165) is 25.4 Å². The summed E-state index contributed by atoms with van der Waals surface area (Å²) in [4.78, 5) is 2.38. The third kappa shape index (κ3) is 1.58. The van der Waals surface area contributed by atoms with Gasteiger partial charge in [-0.1, -0.05) is 6.92 Å². The second-order valence-corrected chi connectivity index (χ2v) is 3.45. The third-order valence-electron chi connectivity index (χ3n) is 2.60. The number of aryl methyl sites for hydroxylation is 1. The van der Waals surface area contributed by atoms with E-state index in [1.165, 1.54) is 6.42 Å². The average molecular weight is 181 g/mol. The SMILES string of the molecule is CCN1CCCC1c1nnc(C)o1. The molecule has 0 bridgehead atoms. The molecule has 4 nitrogen and oxygen atoms in total. The van der Waals surface area contributed by atoms with Gasteiger partial charge in [0.1, 0.15) is 0 Å². The van der Waals surface area contributed by atoms with Gasteiger partial charge in [0.25, 0.3) is 0 Å². The molecule has 0 amide bonds. The van der Waals surface area contributed by atoms with E-state index in [4.69, 9.17) is 4.42 Å². The third-order valence-corrected chi connectivity index (χ3v) is 2.60. The van der Waals surface area contributed by atoms with Crippen LogP contribution in [0.5, 0.6) is 0 Å². The van der Waals surface area contributed by atoms with Crippen molar-refractivity contribution in [2.45, 2.75) is 32.7 Å². The Hall–Kier alpha value is -0.900. The quantitative estimate of drug-likeness (QED) is 0.694. The largest absolute Gasteiger partial charge is 0.424 e. The van der Waals surface area contributed by atoms with Crippen molar-refractivity contribution in [2.24, 2.45) is 0 Å². The fourth-order valence-electron chi connectivity index (χ4n) is 1.93. The van der Waals surface area contributed by atoms with Crippen LogP contribution in [0, 0.1) is 6.92 Å². The van der Waals surface area contributed by atoms with Crippen LogP contribution in [0.25, 0.3) is 0 Å². The molecule has 1 aromatic heterocycles. The Balaban J connectivity index is 2.15. The molecule has 1 atom stereocenters. The van der Waals surface area contributed by atoms with Gasteiger partial charge in [0.15, 0.2) is 0 Å². The predicted octanol–water partition coefficient (Wildman–Crippen LogP) is 1.53. The van der Waals surface area contributed by atoms with Gasteiger partial charge in [0.2, 0.25) is 11.8 Å². The van der Waals surface area contributed by atoms with Gasteiger partial charge in [-0.15, -0.1) is 10.2 Å².